The molecule has 1 aromatic carbocycles. The van der Waals surface area contributed by atoms with E-state index in [9.17, 15) is 8.42 Å². The molecular weight excluding hydrogens is 304 g/mol. The number of benzene rings is 1. The van der Waals surface area contributed by atoms with Gasteiger partial charge in [0.1, 0.15) is 0 Å². The van der Waals surface area contributed by atoms with Crippen LogP contribution in [0, 0.1) is 6.92 Å². The summed E-state index contributed by atoms with van der Waals surface area (Å²) in [6.45, 7) is 1.89. The van der Waals surface area contributed by atoms with Crippen LogP contribution in [0.4, 0.5) is 0 Å². The molecule has 0 saturated heterocycles. The maximum Gasteiger partial charge on any atom is 0.276 e. The van der Waals surface area contributed by atoms with Gasteiger partial charge in [0.15, 0.2) is 0 Å². The van der Waals surface area contributed by atoms with E-state index in [-0.39, 0.29) is 4.90 Å². The van der Waals surface area contributed by atoms with Crippen LogP contribution in [0.2, 0.25) is 4.34 Å². The van der Waals surface area contributed by atoms with Crippen molar-refractivity contribution in [1.29, 1.82) is 0 Å². The molecule has 0 fully saturated rings. The third-order valence-electron chi connectivity index (χ3n) is 2.29. The van der Waals surface area contributed by atoms with Gasteiger partial charge in [-0.1, -0.05) is 29.3 Å². The zero-order valence-corrected chi connectivity index (χ0v) is 12.4. The lowest BCUT2D eigenvalue weighted by molar-refractivity contribution is 0.584. The van der Waals surface area contributed by atoms with E-state index in [0.717, 1.165) is 10.4 Å². The Labute approximate surface area is 120 Å². The number of rotatable bonds is 4. The number of thiophene rings is 1. The summed E-state index contributed by atoms with van der Waals surface area (Å²) in [5.74, 6) is 0. The van der Waals surface area contributed by atoms with Crippen LogP contribution in [0.5, 0.6) is 0 Å². The van der Waals surface area contributed by atoms with Gasteiger partial charge in [-0.2, -0.15) is 13.5 Å². The minimum atomic E-state index is -3.62. The normalized spacial score (nSPS) is 11.9. The fourth-order valence-electron chi connectivity index (χ4n) is 1.33. The zero-order valence-electron chi connectivity index (χ0n) is 10.00. The number of halogens is 1. The highest BCUT2D eigenvalue weighted by molar-refractivity contribution is 7.89. The highest BCUT2D eigenvalue weighted by Crippen LogP contribution is 2.19. The summed E-state index contributed by atoms with van der Waals surface area (Å²) < 4.78 is 24.4. The summed E-state index contributed by atoms with van der Waals surface area (Å²) in [5.41, 5.74) is 0.996. The molecule has 0 spiro atoms. The predicted molar refractivity (Wildman–Crippen MR) is 78.4 cm³/mol. The molecule has 0 saturated carbocycles. The minimum absolute atomic E-state index is 0.180. The van der Waals surface area contributed by atoms with Crippen molar-refractivity contribution < 1.29 is 8.42 Å². The van der Waals surface area contributed by atoms with E-state index >= 15 is 0 Å². The van der Waals surface area contributed by atoms with Crippen molar-refractivity contribution in [2.75, 3.05) is 0 Å². The number of nitrogens with one attached hydrogen (secondary N) is 1. The second-order valence-corrected chi connectivity index (χ2v) is 7.22. The number of aryl methyl sites for hydroxylation is 1. The standard InChI is InChI=1S/C12H11ClN2O2S2/c1-9-2-5-11(6-3-9)19(16,17)15-14-8-10-4-7-12(13)18-10/h2-8,15H,1H3/b14-8-. The molecule has 1 N–H and O–H groups in total. The van der Waals surface area contributed by atoms with E-state index in [4.69, 9.17) is 11.6 Å². The number of hydrazone groups is 1. The number of sulfonamides is 1. The van der Waals surface area contributed by atoms with Crippen LogP contribution in [0.3, 0.4) is 0 Å². The monoisotopic (exact) mass is 314 g/mol. The van der Waals surface area contributed by atoms with E-state index in [1.807, 2.05) is 6.92 Å². The highest BCUT2D eigenvalue weighted by Gasteiger charge is 2.11. The van der Waals surface area contributed by atoms with Crippen molar-refractivity contribution in [3.63, 3.8) is 0 Å². The van der Waals surface area contributed by atoms with Crippen LogP contribution < -0.4 is 4.83 Å². The number of nitrogens with zero attached hydrogens (tertiary/aromatic N) is 1. The topological polar surface area (TPSA) is 58.5 Å². The molecule has 2 aromatic rings. The minimum Gasteiger partial charge on any atom is -0.200 e. The SMILES string of the molecule is Cc1ccc(S(=O)(=O)N/N=C\c2ccc(Cl)s2)cc1. The van der Waals surface area contributed by atoms with Gasteiger partial charge in [0, 0.05) is 4.88 Å². The van der Waals surface area contributed by atoms with Gasteiger partial charge < -0.3 is 0 Å². The van der Waals surface area contributed by atoms with Crippen molar-refractivity contribution in [2.24, 2.45) is 5.10 Å². The molecule has 19 heavy (non-hydrogen) atoms. The van der Waals surface area contributed by atoms with Gasteiger partial charge in [0.2, 0.25) is 0 Å². The Morgan fingerprint density at radius 2 is 1.89 bits per heavy atom. The predicted octanol–water partition coefficient (Wildman–Crippen LogP) is 3.02. The molecule has 100 valence electrons. The molecule has 0 atom stereocenters. The van der Waals surface area contributed by atoms with Gasteiger partial charge in [-0.05, 0) is 31.2 Å². The fraction of sp³-hybridized carbons (Fsp3) is 0.0833. The van der Waals surface area contributed by atoms with Crippen LogP contribution >= 0.6 is 22.9 Å². The van der Waals surface area contributed by atoms with Crippen molar-refractivity contribution >= 4 is 39.2 Å². The molecule has 1 aromatic heterocycles. The Morgan fingerprint density at radius 3 is 2.47 bits per heavy atom. The molecule has 0 aliphatic carbocycles. The van der Waals surface area contributed by atoms with E-state index in [1.165, 1.54) is 29.7 Å². The summed E-state index contributed by atoms with van der Waals surface area (Å²) in [6.07, 6.45) is 1.42. The van der Waals surface area contributed by atoms with Crippen LogP contribution in [0.1, 0.15) is 10.4 Å². The molecule has 0 aliphatic heterocycles. The average Bonchev–Trinajstić information content (AvgIpc) is 2.75. The van der Waals surface area contributed by atoms with Crippen molar-refractivity contribution in [1.82, 2.24) is 4.83 Å². The maximum atomic E-state index is 11.9. The molecular formula is C12H11ClN2O2S2. The molecule has 0 aliphatic rings. The van der Waals surface area contributed by atoms with Gasteiger partial charge in [-0.15, -0.1) is 11.3 Å². The molecule has 0 bridgehead atoms. The fourth-order valence-corrected chi connectivity index (χ4v) is 3.05. The maximum absolute atomic E-state index is 11.9. The van der Waals surface area contributed by atoms with E-state index in [1.54, 1.807) is 24.3 Å². The van der Waals surface area contributed by atoms with Crippen molar-refractivity contribution in [3.8, 4) is 0 Å². The Bertz CT molecular complexity index is 691. The first kappa shape index (κ1) is 14.0. The zero-order chi connectivity index (χ0) is 13.9. The Hall–Kier alpha value is -1.37. The van der Waals surface area contributed by atoms with Crippen LogP contribution in [-0.2, 0) is 10.0 Å². The van der Waals surface area contributed by atoms with Crippen molar-refractivity contribution in [2.45, 2.75) is 11.8 Å². The van der Waals surface area contributed by atoms with Crippen LogP contribution in [-0.4, -0.2) is 14.6 Å². The second kappa shape index (κ2) is 5.73. The lowest BCUT2D eigenvalue weighted by Gasteiger charge is -2.02. The van der Waals surface area contributed by atoms with Crippen LogP contribution in [0.15, 0.2) is 46.4 Å². The summed E-state index contributed by atoms with van der Waals surface area (Å²) in [5, 5.41) is 3.71. The molecule has 7 heteroatoms. The molecule has 0 radical (unpaired) electrons. The summed E-state index contributed by atoms with van der Waals surface area (Å²) in [6, 6.07) is 10.0. The Morgan fingerprint density at radius 1 is 1.21 bits per heavy atom. The van der Waals surface area contributed by atoms with Gasteiger partial charge >= 0.3 is 0 Å². The summed E-state index contributed by atoms with van der Waals surface area (Å²) in [4.78, 5) is 3.11. The first-order chi connectivity index (χ1) is 8.97. The first-order valence-corrected chi connectivity index (χ1v) is 8.02. The van der Waals surface area contributed by atoms with Gasteiger partial charge in [0.05, 0.1) is 15.4 Å². The van der Waals surface area contributed by atoms with E-state index < -0.39 is 10.0 Å². The summed E-state index contributed by atoms with van der Waals surface area (Å²) in [7, 11) is -3.62. The smallest absolute Gasteiger partial charge is 0.200 e. The van der Waals surface area contributed by atoms with Gasteiger partial charge in [-0.3, -0.25) is 0 Å². The Kier molecular flexibility index (Phi) is 4.24. The molecule has 2 rings (SSSR count). The largest absolute Gasteiger partial charge is 0.276 e. The third kappa shape index (κ3) is 3.79. The van der Waals surface area contributed by atoms with E-state index in [2.05, 4.69) is 9.93 Å². The quantitative estimate of drug-likeness (QED) is 0.696. The first-order valence-electron chi connectivity index (χ1n) is 5.34. The number of hydrogen-bond acceptors (Lipinski definition) is 4. The second-order valence-electron chi connectivity index (χ2n) is 3.81. The van der Waals surface area contributed by atoms with E-state index in [0.29, 0.717) is 4.34 Å². The highest BCUT2D eigenvalue weighted by atomic mass is 35.5. The van der Waals surface area contributed by atoms with Gasteiger partial charge in [-0.25, -0.2) is 4.83 Å². The lowest BCUT2D eigenvalue weighted by atomic mass is 10.2. The third-order valence-corrected chi connectivity index (χ3v) is 4.69. The summed E-state index contributed by atoms with van der Waals surface area (Å²) >= 11 is 7.08. The molecule has 0 amide bonds. The lowest BCUT2D eigenvalue weighted by Crippen LogP contribution is -2.18. The van der Waals surface area contributed by atoms with Crippen molar-refractivity contribution in [3.05, 3.63) is 51.2 Å². The van der Waals surface area contributed by atoms with Crippen LogP contribution in [0.25, 0.3) is 0 Å². The molecule has 1 heterocycles. The Balaban J connectivity index is 2.09. The molecule has 4 nitrogen and oxygen atoms in total. The number of hydrogen-bond donors (Lipinski definition) is 1. The van der Waals surface area contributed by atoms with Gasteiger partial charge in [0.25, 0.3) is 10.0 Å². The molecule has 0 unspecified atom stereocenters. The average molecular weight is 315 g/mol.